The Morgan fingerprint density at radius 2 is 2.20 bits per heavy atom. The van der Waals surface area contributed by atoms with Gasteiger partial charge in [0.25, 0.3) is 0 Å². The number of rotatable bonds is 3. The van der Waals surface area contributed by atoms with Crippen LogP contribution < -0.4 is 11.1 Å². The molecule has 1 aromatic carbocycles. The highest BCUT2D eigenvalue weighted by atomic mass is 32.1. The first kappa shape index (κ1) is 12.5. The Labute approximate surface area is 118 Å². The van der Waals surface area contributed by atoms with Crippen LogP contribution in [-0.4, -0.2) is 21.2 Å². The Morgan fingerprint density at radius 3 is 3.00 bits per heavy atom. The van der Waals surface area contributed by atoms with Crippen LogP contribution in [0.1, 0.15) is 15.4 Å². The monoisotopic (exact) mass is 285 g/mol. The van der Waals surface area contributed by atoms with E-state index in [9.17, 15) is 4.79 Å². The van der Waals surface area contributed by atoms with E-state index in [1.54, 1.807) is 11.3 Å². The zero-order chi connectivity index (χ0) is 14.1. The Morgan fingerprint density at radius 1 is 1.35 bits per heavy atom. The molecule has 20 heavy (non-hydrogen) atoms. The normalized spacial score (nSPS) is 10.7. The van der Waals surface area contributed by atoms with Crippen LogP contribution >= 0.6 is 11.3 Å². The minimum absolute atomic E-state index is 0.156. The molecule has 0 aliphatic rings. The molecule has 3 aromatic rings. The van der Waals surface area contributed by atoms with Crippen LogP contribution in [0.5, 0.6) is 0 Å². The molecule has 0 fully saturated rings. The van der Waals surface area contributed by atoms with Gasteiger partial charge < -0.3 is 11.1 Å². The van der Waals surface area contributed by atoms with Crippen LogP contribution in [0.2, 0.25) is 0 Å². The smallest absolute Gasteiger partial charge is 0.157 e. The molecule has 0 radical (unpaired) electrons. The van der Waals surface area contributed by atoms with Gasteiger partial charge in [-0.3, -0.25) is 4.79 Å². The van der Waals surface area contributed by atoms with Crippen molar-refractivity contribution in [1.29, 1.82) is 0 Å². The topological polar surface area (TPSA) is 93.8 Å². The molecule has 2 aromatic heterocycles. The number of aryl methyl sites for hydroxylation is 1. The molecule has 2 heterocycles. The maximum Gasteiger partial charge on any atom is 0.157 e. The van der Waals surface area contributed by atoms with Gasteiger partial charge in [-0.25, -0.2) is 15.0 Å². The first-order valence-corrected chi connectivity index (χ1v) is 6.69. The van der Waals surface area contributed by atoms with E-state index < -0.39 is 0 Å². The van der Waals surface area contributed by atoms with Crippen molar-refractivity contribution in [3.8, 4) is 0 Å². The summed E-state index contributed by atoms with van der Waals surface area (Å²) in [4.78, 5) is 23.3. The molecule has 0 aliphatic carbocycles. The summed E-state index contributed by atoms with van der Waals surface area (Å²) in [6.45, 7) is 1.97. The second-order valence-electron chi connectivity index (χ2n) is 4.18. The fourth-order valence-corrected chi connectivity index (χ4v) is 2.69. The predicted octanol–water partition coefficient (Wildman–Crippen LogP) is 2.53. The summed E-state index contributed by atoms with van der Waals surface area (Å²) >= 11 is 1.64. The molecule has 3 N–H and O–H groups in total. The van der Waals surface area contributed by atoms with Gasteiger partial charge in [0.05, 0.1) is 20.8 Å². The van der Waals surface area contributed by atoms with Crippen LogP contribution in [0.15, 0.2) is 24.5 Å². The molecule has 0 unspecified atom stereocenters. The van der Waals surface area contributed by atoms with Crippen molar-refractivity contribution in [2.45, 2.75) is 6.92 Å². The molecular weight excluding hydrogens is 274 g/mol. The highest BCUT2D eigenvalue weighted by Crippen LogP contribution is 2.26. The molecule has 0 atom stereocenters. The van der Waals surface area contributed by atoms with Gasteiger partial charge in [-0.15, -0.1) is 11.3 Å². The van der Waals surface area contributed by atoms with E-state index in [1.807, 2.05) is 25.1 Å². The number of carbonyl (C=O) groups is 1. The summed E-state index contributed by atoms with van der Waals surface area (Å²) < 4.78 is 1.12. The molecule has 3 rings (SSSR count). The van der Waals surface area contributed by atoms with E-state index in [-0.39, 0.29) is 11.4 Å². The number of benzene rings is 1. The lowest BCUT2D eigenvalue weighted by atomic mass is 10.2. The number of aromatic nitrogens is 3. The third-order valence-electron chi connectivity index (χ3n) is 2.79. The Kier molecular flexibility index (Phi) is 3.03. The summed E-state index contributed by atoms with van der Waals surface area (Å²) in [6.07, 6.45) is 1.96. The van der Waals surface area contributed by atoms with Crippen LogP contribution in [0.3, 0.4) is 0 Å². The van der Waals surface area contributed by atoms with E-state index in [1.165, 1.54) is 6.33 Å². The third-order valence-corrected chi connectivity index (χ3v) is 3.74. The third kappa shape index (κ3) is 2.19. The Bertz CT molecular complexity index is 799. The van der Waals surface area contributed by atoms with Gasteiger partial charge >= 0.3 is 0 Å². The number of anilines is 3. The first-order valence-electron chi connectivity index (χ1n) is 5.87. The summed E-state index contributed by atoms with van der Waals surface area (Å²) in [7, 11) is 0. The van der Waals surface area contributed by atoms with Gasteiger partial charge in [0, 0.05) is 5.69 Å². The van der Waals surface area contributed by atoms with Crippen molar-refractivity contribution in [2.75, 3.05) is 11.1 Å². The molecule has 0 amide bonds. The molecule has 6 nitrogen and oxygen atoms in total. The molecule has 0 aliphatic heterocycles. The zero-order valence-corrected chi connectivity index (χ0v) is 11.4. The van der Waals surface area contributed by atoms with E-state index in [0.717, 1.165) is 20.9 Å². The molecule has 0 bridgehead atoms. The molecule has 100 valence electrons. The average Bonchev–Trinajstić information content (AvgIpc) is 2.78. The number of thiazole rings is 1. The van der Waals surface area contributed by atoms with Gasteiger partial charge in [-0.2, -0.15) is 0 Å². The Hall–Kier alpha value is -2.54. The summed E-state index contributed by atoms with van der Waals surface area (Å²) in [5, 5.41) is 4.08. The molecule has 0 saturated carbocycles. The van der Waals surface area contributed by atoms with Crippen LogP contribution in [0.4, 0.5) is 17.3 Å². The summed E-state index contributed by atoms with van der Waals surface area (Å²) in [6, 6.07) is 5.80. The Balaban J connectivity index is 2.00. The number of fused-ring (bicyclic) bond motifs is 1. The lowest BCUT2D eigenvalue weighted by Gasteiger charge is -2.08. The fraction of sp³-hybridized carbons (Fsp3) is 0.0769. The maximum atomic E-state index is 11.0. The van der Waals surface area contributed by atoms with Crippen molar-refractivity contribution < 1.29 is 4.79 Å². The molecule has 7 heteroatoms. The van der Waals surface area contributed by atoms with Crippen LogP contribution in [0, 0.1) is 6.92 Å². The minimum Gasteiger partial charge on any atom is -0.383 e. The second kappa shape index (κ2) is 4.86. The predicted molar refractivity (Wildman–Crippen MR) is 79.5 cm³/mol. The highest BCUT2D eigenvalue weighted by Gasteiger charge is 2.09. The second-order valence-corrected chi connectivity index (χ2v) is 5.41. The summed E-state index contributed by atoms with van der Waals surface area (Å²) in [5.41, 5.74) is 7.60. The number of aldehydes is 1. The van der Waals surface area contributed by atoms with Crippen molar-refractivity contribution in [3.05, 3.63) is 35.1 Å². The largest absolute Gasteiger partial charge is 0.383 e. The quantitative estimate of drug-likeness (QED) is 0.718. The van der Waals surface area contributed by atoms with Gasteiger partial charge in [0.2, 0.25) is 0 Å². The van der Waals surface area contributed by atoms with E-state index >= 15 is 0 Å². The maximum absolute atomic E-state index is 11.0. The average molecular weight is 285 g/mol. The van der Waals surface area contributed by atoms with E-state index in [2.05, 4.69) is 20.3 Å². The highest BCUT2D eigenvalue weighted by molar-refractivity contribution is 7.18. The number of nitrogens with one attached hydrogen (secondary N) is 1. The minimum atomic E-state index is 0.156. The number of nitrogens with two attached hydrogens (primary N) is 1. The lowest BCUT2D eigenvalue weighted by molar-refractivity contribution is 0.112. The van der Waals surface area contributed by atoms with Gasteiger partial charge in [0.15, 0.2) is 6.29 Å². The fourth-order valence-electron chi connectivity index (χ4n) is 1.88. The van der Waals surface area contributed by atoms with Crippen molar-refractivity contribution in [3.63, 3.8) is 0 Å². The molecular formula is C13H11N5OS. The number of nitrogen functional groups attached to an aromatic ring is 1. The van der Waals surface area contributed by atoms with Crippen molar-refractivity contribution >= 4 is 45.2 Å². The number of hydrogen-bond donors (Lipinski definition) is 2. The summed E-state index contributed by atoms with van der Waals surface area (Å²) in [5.74, 6) is 0.543. The zero-order valence-electron chi connectivity index (χ0n) is 10.6. The number of carbonyl (C=O) groups excluding carboxylic acids is 1. The number of hydrogen-bond acceptors (Lipinski definition) is 7. The van der Waals surface area contributed by atoms with Crippen molar-refractivity contribution in [1.82, 2.24) is 15.0 Å². The molecule has 0 saturated heterocycles. The van der Waals surface area contributed by atoms with Crippen LogP contribution in [0.25, 0.3) is 10.2 Å². The van der Waals surface area contributed by atoms with E-state index in [0.29, 0.717) is 12.1 Å². The first-order chi connectivity index (χ1) is 9.67. The van der Waals surface area contributed by atoms with Crippen molar-refractivity contribution in [2.24, 2.45) is 0 Å². The van der Waals surface area contributed by atoms with Gasteiger partial charge in [-0.1, -0.05) is 0 Å². The van der Waals surface area contributed by atoms with Crippen LogP contribution in [-0.2, 0) is 0 Å². The lowest BCUT2D eigenvalue weighted by Crippen LogP contribution is -2.04. The number of nitrogens with zero attached hydrogens (tertiary/aromatic N) is 3. The van der Waals surface area contributed by atoms with E-state index in [4.69, 9.17) is 5.73 Å². The SMILES string of the molecule is Cc1nc2cc(Nc3ncnc(N)c3C=O)ccc2s1. The molecule has 0 spiro atoms. The van der Waals surface area contributed by atoms with Gasteiger partial charge in [-0.05, 0) is 25.1 Å². The van der Waals surface area contributed by atoms with Gasteiger partial charge in [0.1, 0.15) is 18.0 Å². The standard InChI is InChI=1S/C13H11N5OS/c1-7-17-10-4-8(2-3-11(10)20-7)18-13-9(5-19)12(14)15-6-16-13/h2-6H,1H3,(H3,14,15,16,18).